The normalized spacial score (nSPS) is 12.0. The summed E-state index contributed by atoms with van der Waals surface area (Å²) in [6.45, 7) is 2.38. The minimum absolute atomic E-state index is 0.0441. The highest BCUT2D eigenvalue weighted by Gasteiger charge is 2.15. The highest BCUT2D eigenvalue weighted by atomic mass is 16.5. The van der Waals surface area contributed by atoms with Crippen LogP contribution in [-0.2, 0) is 11.2 Å². The number of likely N-dealkylation sites (N-methyl/N-ethyl adjacent to an activating group) is 1. The number of ether oxygens (including phenoxy) is 1. The average molecular weight is 332 g/mol. The van der Waals surface area contributed by atoms with Crippen LogP contribution < -0.4 is 10.5 Å². The fourth-order valence-corrected chi connectivity index (χ4v) is 2.18. The molecule has 1 amide bonds. The predicted octanol–water partition coefficient (Wildman–Crippen LogP) is 1.87. The Kier molecular flexibility index (Phi) is 6.31. The summed E-state index contributed by atoms with van der Waals surface area (Å²) < 4.78 is 10.4. The average Bonchev–Trinajstić information content (AvgIpc) is 3.09. The van der Waals surface area contributed by atoms with E-state index in [-0.39, 0.29) is 11.9 Å². The first-order chi connectivity index (χ1) is 11.5. The second-order valence-electron chi connectivity index (χ2n) is 5.68. The van der Waals surface area contributed by atoms with Crippen LogP contribution >= 0.6 is 0 Å². The van der Waals surface area contributed by atoms with E-state index < -0.39 is 0 Å². The molecule has 130 valence electrons. The van der Waals surface area contributed by atoms with Gasteiger partial charge < -0.3 is 19.9 Å². The van der Waals surface area contributed by atoms with Gasteiger partial charge in [0.15, 0.2) is 0 Å². The van der Waals surface area contributed by atoms with Crippen LogP contribution in [0.3, 0.4) is 0 Å². The second kappa shape index (κ2) is 8.44. The van der Waals surface area contributed by atoms with Crippen molar-refractivity contribution >= 4 is 5.91 Å². The first kappa shape index (κ1) is 17.9. The molecule has 0 radical (unpaired) electrons. The van der Waals surface area contributed by atoms with E-state index in [2.05, 4.69) is 10.1 Å². The van der Waals surface area contributed by atoms with Gasteiger partial charge in [0.1, 0.15) is 5.75 Å². The number of carbonyl (C=O) groups excluding carboxylic acids is 1. The lowest BCUT2D eigenvalue weighted by Crippen LogP contribution is -2.39. The fraction of sp³-hybridized carbons (Fsp3) is 0.471. The molecule has 0 aliphatic rings. The standard InChI is InChI=1S/C17H24N4O3/c1-12(11-18)21(2)16(22)6-4-5-15-19-17(20-24-15)13-7-9-14(23-3)10-8-13/h7-10,12H,4-6,11,18H2,1-3H3. The Hall–Kier alpha value is -2.41. The van der Waals surface area contributed by atoms with Crippen molar-refractivity contribution < 1.29 is 14.1 Å². The van der Waals surface area contributed by atoms with E-state index in [0.29, 0.717) is 37.5 Å². The summed E-state index contributed by atoms with van der Waals surface area (Å²) in [6.07, 6.45) is 1.66. The monoisotopic (exact) mass is 332 g/mol. The van der Waals surface area contributed by atoms with E-state index in [9.17, 15) is 4.79 Å². The van der Waals surface area contributed by atoms with Crippen LogP contribution in [-0.4, -0.2) is 47.7 Å². The Bertz CT molecular complexity index is 654. The quantitative estimate of drug-likeness (QED) is 0.793. The molecule has 24 heavy (non-hydrogen) atoms. The molecule has 0 fully saturated rings. The molecule has 0 saturated carbocycles. The van der Waals surface area contributed by atoms with Gasteiger partial charge in [0, 0.05) is 38.0 Å². The van der Waals surface area contributed by atoms with Gasteiger partial charge in [-0.25, -0.2) is 0 Å². The van der Waals surface area contributed by atoms with E-state index in [1.54, 1.807) is 19.1 Å². The first-order valence-electron chi connectivity index (χ1n) is 7.98. The highest BCUT2D eigenvalue weighted by Crippen LogP contribution is 2.20. The molecule has 2 rings (SSSR count). The molecule has 0 bridgehead atoms. The van der Waals surface area contributed by atoms with Crippen LogP contribution in [0.15, 0.2) is 28.8 Å². The first-order valence-corrected chi connectivity index (χ1v) is 7.98. The third-order valence-electron chi connectivity index (χ3n) is 3.99. The van der Waals surface area contributed by atoms with E-state index in [1.165, 1.54) is 0 Å². The molecule has 2 aromatic rings. The summed E-state index contributed by atoms with van der Waals surface area (Å²) in [7, 11) is 3.39. The van der Waals surface area contributed by atoms with E-state index in [0.717, 1.165) is 11.3 Å². The van der Waals surface area contributed by atoms with Gasteiger partial charge in [0.25, 0.3) is 0 Å². The van der Waals surface area contributed by atoms with Gasteiger partial charge in [-0.15, -0.1) is 0 Å². The lowest BCUT2D eigenvalue weighted by molar-refractivity contribution is -0.131. The Morgan fingerprint density at radius 2 is 2.08 bits per heavy atom. The van der Waals surface area contributed by atoms with Gasteiger partial charge in [-0.1, -0.05) is 5.16 Å². The largest absolute Gasteiger partial charge is 0.497 e. The van der Waals surface area contributed by atoms with Crippen molar-refractivity contribution in [3.63, 3.8) is 0 Å². The second-order valence-corrected chi connectivity index (χ2v) is 5.68. The molecule has 0 saturated heterocycles. The number of rotatable bonds is 8. The lowest BCUT2D eigenvalue weighted by Gasteiger charge is -2.23. The van der Waals surface area contributed by atoms with Crippen molar-refractivity contribution in [1.29, 1.82) is 0 Å². The number of nitrogens with zero attached hydrogens (tertiary/aromatic N) is 3. The van der Waals surface area contributed by atoms with Crippen molar-refractivity contribution in [2.75, 3.05) is 20.7 Å². The zero-order chi connectivity index (χ0) is 17.5. The maximum atomic E-state index is 12.0. The summed E-state index contributed by atoms with van der Waals surface area (Å²) in [5, 5.41) is 3.98. The molecule has 0 aliphatic heterocycles. The van der Waals surface area contributed by atoms with Gasteiger partial charge in [0.2, 0.25) is 17.6 Å². The number of benzene rings is 1. The molecule has 0 aliphatic carbocycles. The summed E-state index contributed by atoms with van der Waals surface area (Å²) in [4.78, 5) is 18.1. The van der Waals surface area contributed by atoms with Crippen LogP contribution in [0.25, 0.3) is 11.4 Å². The molecule has 1 aromatic heterocycles. The van der Waals surface area contributed by atoms with Crippen LogP contribution in [0.2, 0.25) is 0 Å². The zero-order valence-electron chi connectivity index (χ0n) is 14.4. The number of nitrogens with two attached hydrogens (primary N) is 1. The van der Waals surface area contributed by atoms with Crippen molar-refractivity contribution in [3.05, 3.63) is 30.2 Å². The molecule has 1 atom stereocenters. The number of methoxy groups -OCH3 is 1. The molecule has 7 heteroatoms. The summed E-state index contributed by atoms with van der Waals surface area (Å²) in [5.41, 5.74) is 6.43. The molecule has 1 unspecified atom stereocenters. The smallest absolute Gasteiger partial charge is 0.226 e. The van der Waals surface area contributed by atoms with Gasteiger partial charge in [-0.05, 0) is 37.6 Å². The van der Waals surface area contributed by atoms with Crippen molar-refractivity contribution in [2.45, 2.75) is 32.2 Å². The van der Waals surface area contributed by atoms with Crippen molar-refractivity contribution in [1.82, 2.24) is 15.0 Å². The van der Waals surface area contributed by atoms with Crippen LogP contribution in [0.4, 0.5) is 0 Å². The summed E-state index contributed by atoms with van der Waals surface area (Å²) in [5.74, 6) is 1.91. The maximum absolute atomic E-state index is 12.0. The minimum Gasteiger partial charge on any atom is -0.497 e. The number of carbonyl (C=O) groups is 1. The van der Waals surface area contributed by atoms with Crippen LogP contribution in [0, 0.1) is 0 Å². The number of hydrogen-bond acceptors (Lipinski definition) is 6. The van der Waals surface area contributed by atoms with Crippen LogP contribution in [0.1, 0.15) is 25.7 Å². The van der Waals surface area contributed by atoms with Gasteiger partial charge in [0.05, 0.1) is 7.11 Å². The topological polar surface area (TPSA) is 94.5 Å². The zero-order valence-corrected chi connectivity index (χ0v) is 14.4. The Morgan fingerprint density at radius 3 is 2.71 bits per heavy atom. The summed E-state index contributed by atoms with van der Waals surface area (Å²) >= 11 is 0. The SMILES string of the molecule is COc1ccc(-c2noc(CCCC(=O)N(C)C(C)CN)n2)cc1. The third-order valence-corrected chi connectivity index (χ3v) is 3.99. The van der Waals surface area contributed by atoms with E-state index in [1.807, 2.05) is 31.2 Å². The van der Waals surface area contributed by atoms with Crippen molar-refractivity contribution in [3.8, 4) is 17.1 Å². The highest BCUT2D eigenvalue weighted by molar-refractivity contribution is 5.76. The summed E-state index contributed by atoms with van der Waals surface area (Å²) in [6, 6.07) is 7.49. The van der Waals surface area contributed by atoms with Gasteiger partial charge in [-0.2, -0.15) is 4.98 Å². The number of amides is 1. The lowest BCUT2D eigenvalue weighted by atomic mass is 10.2. The molecule has 2 N–H and O–H groups in total. The molecule has 7 nitrogen and oxygen atoms in total. The molecule has 1 aromatic carbocycles. The number of hydrogen-bond donors (Lipinski definition) is 1. The Morgan fingerprint density at radius 1 is 1.38 bits per heavy atom. The molecule has 0 spiro atoms. The van der Waals surface area contributed by atoms with E-state index >= 15 is 0 Å². The number of aromatic nitrogens is 2. The van der Waals surface area contributed by atoms with Crippen LogP contribution in [0.5, 0.6) is 5.75 Å². The van der Waals surface area contributed by atoms with Crippen molar-refractivity contribution in [2.24, 2.45) is 5.73 Å². The molecular formula is C17H24N4O3. The van der Waals surface area contributed by atoms with E-state index in [4.69, 9.17) is 15.0 Å². The Labute approximate surface area is 141 Å². The maximum Gasteiger partial charge on any atom is 0.226 e. The fourth-order valence-electron chi connectivity index (χ4n) is 2.18. The predicted molar refractivity (Wildman–Crippen MR) is 90.5 cm³/mol. The molecular weight excluding hydrogens is 308 g/mol. The Balaban J connectivity index is 1.86. The molecule has 1 heterocycles. The third kappa shape index (κ3) is 4.55. The van der Waals surface area contributed by atoms with Gasteiger partial charge >= 0.3 is 0 Å². The number of aryl methyl sites for hydroxylation is 1. The minimum atomic E-state index is 0.0441. The van der Waals surface area contributed by atoms with Gasteiger partial charge in [-0.3, -0.25) is 4.79 Å².